The fraction of sp³-hybridized carbons (Fsp3) is 0.562. The number of hydrogen-bond acceptors (Lipinski definition) is 2. The molecule has 0 radical (unpaired) electrons. The van der Waals surface area contributed by atoms with Crippen molar-refractivity contribution in [1.82, 2.24) is 10.6 Å². The molecule has 0 aromatic heterocycles. The molecule has 0 saturated heterocycles. The van der Waals surface area contributed by atoms with E-state index in [0.717, 1.165) is 17.9 Å². The van der Waals surface area contributed by atoms with Crippen molar-refractivity contribution in [3.05, 3.63) is 35.9 Å². The smallest absolute Gasteiger partial charge is 0.315 e. The van der Waals surface area contributed by atoms with Crippen molar-refractivity contribution < 1.29 is 9.90 Å². The highest BCUT2D eigenvalue weighted by Gasteiger charge is 2.24. The van der Waals surface area contributed by atoms with Gasteiger partial charge in [0.1, 0.15) is 0 Å². The van der Waals surface area contributed by atoms with Gasteiger partial charge in [0.15, 0.2) is 0 Å². The van der Waals surface area contributed by atoms with Gasteiger partial charge in [0.2, 0.25) is 0 Å². The second-order valence-electron chi connectivity index (χ2n) is 5.70. The molecule has 4 nitrogen and oxygen atoms in total. The molecule has 0 spiro atoms. The molecule has 2 amide bonds. The van der Waals surface area contributed by atoms with Crippen LogP contribution in [0.25, 0.3) is 0 Å². The molecule has 4 heteroatoms. The summed E-state index contributed by atoms with van der Waals surface area (Å²) in [5, 5.41) is 14.8. The van der Waals surface area contributed by atoms with Crippen molar-refractivity contribution >= 4 is 6.03 Å². The molecule has 1 aliphatic carbocycles. The van der Waals surface area contributed by atoms with Crippen molar-refractivity contribution in [1.29, 1.82) is 0 Å². The zero-order valence-corrected chi connectivity index (χ0v) is 12.0. The van der Waals surface area contributed by atoms with Gasteiger partial charge in [-0.15, -0.1) is 0 Å². The first-order valence-corrected chi connectivity index (χ1v) is 7.42. The van der Waals surface area contributed by atoms with Crippen LogP contribution < -0.4 is 10.6 Å². The Balaban J connectivity index is 1.97. The van der Waals surface area contributed by atoms with Crippen LogP contribution >= 0.6 is 0 Å². The Hall–Kier alpha value is -1.55. The van der Waals surface area contributed by atoms with E-state index in [1.807, 2.05) is 18.2 Å². The molecule has 1 aliphatic rings. The first kappa shape index (κ1) is 14.9. The largest absolute Gasteiger partial charge is 0.394 e. The third kappa shape index (κ3) is 4.23. The van der Waals surface area contributed by atoms with Gasteiger partial charge in [0, 0.05) is 0 Å². The van der Waals surface area contributed by atoms with Crippen molar-refractivity contribution in [2.45, 2.75) is 44.7 Å². The van der Waals surface area contributed by atoms with Crippen LogP contribution in [0.4, 0.5) is 4.79 Å². The summed E-state index contributed by atoms with van der Waals surface area (Å²) >= 11 is 0. The van der Waals surface area contributed by atoms with Crippen molar-refractivity contribution in [2.24, 2.45) is 5.92 Å². The first-order valence-electron chi connectivity index (χ1n) is 7.42. The normalized spacial score (nSPS) is 17.9. The molecule has 1 saturated carbocycles. The number of carbonyl (C=O) groups is 1. The minimum absolute atomic E-state index is 0.0485. The molecule has 0 unspecified atom stereocenters. The van der Waals surface area contributed by atoms with E-state index in [1.54, 1.807) is 6.92 Å². The Morgan fingerprint density at radius 1 is 1.30 bits per heavy atom. The topological polar surface area (TPSA) is 61.4 Å². The molecular formula is C16H24N2O2. The molecule has 3 N–H and O–H groups in total. The number of benzene rings is 1. The average Bonchev–Trinajstić information content (AvgIpc) is 2.42. The fourth-order valence-electron chi connectivity index (χ4n) is 2.49. The van der Waals surface area contributed by atoms with Gasteiger partial charge in [0.25, 0.3) is 0 Å². The van der Waals surface area contributed by atoms with Gasteiger partial charge >= 0.3 is 6.03 Å². The quantitative estimate of drug-likeness (QED) is 0.748. The van der Waals surface area contributed by atoms with Gasteiger partial charge in [-0.05, 0) is 24.8 Å². The zero-order chi connectivity index (χ0) is 14.4. The molecule has 2 atom stereocenters. The number of aliphatic hydroxyl groups is 1. The number of hydrogen-bond donors (Lipinski definition) is 3. The van der Waals surface area contributed by atoms with Gasteiger partial charge in [-0.25, -0.2) is 4.79 Å². The van der Waals surface area contributed by atoms with Crippen LogP contribution in [0.2, 0.25) is 0 Å². The highest BCUT2D eigenvalue weighted by atomic mass is 16.3. The predicted molar refractivity (Wildman–Crippen MR) is 79.4 cm³/mol. The monoisotopic (exact) mass is 276 g/mol. The van der Waals surface area contributed by atoms with Crippen molar-refractivity contribution in [2.75, 3.05) is 6.61 Å². The molecule has 0 heterocycles. The minimum atomic E-state index is -0.227. The van der Waals surface area contributed by atoms with E-state index in [4.69, 9.17) is 5.11 Å². The van der Waals surface area contributed by atoms with E-state index in [0.29, 0.717) is 0 Å². The summed E-state index contributed by atoms with van der Waals surface area (Å²) in [5.41, 5.74) is 1.14. The lowest BCUT2D eigenvalue weighted by atomic mass is 9.79. The summed E-state index contributed by atoms with van der Waals surface area (Å²) in [6.45, 7) is 1.73. The molecule has 1 aromatic carbocycles. The molecule has 110 valence electrons. The third-order valence-corrected chi connectivity index (χ3v) is 3.95. The molecule has 2 rings (SSSR count). The standard InChI is InChI=1S/C16H24N2O2/c1-12(11-19)17-16(20)18-15(10-13-6-5-7-13)14-8-3-2-4-9-14/h2-4,8-9,12-13,15,19H,5-7,10-11H2,1H3,(H2,17,18,20)/t12-,15+/m0/s1. The Morgan fingerprint density at radius 3 is 2.55 bits per heavy atom. The summed E-state index contributed by atoms with van der Waals surface area (Å²) in [5.74, 6) is 0.718. The highest BCUT2D eigenvalue weighted by molar-refractivity contribution is 5.74. The number of amides is 2. The summed E-state index contributed by atoms with van der Waals surface area (Å²) in [6, 6.07) is 9.70. The number of urea groups is 1. The second-order valence-corrected chi connectivity index (χ2v) is 5.70. The van der Waals surface area contributed by atoms with Crippen LogP contribution in [0.3, 0.4) is 0 Å². The minimum Gasteiger partial charge on any atom is -0.394 e. The summed E-state index contributed by atoms with van der Waals surface area (Å²) in [7, 11) is 0. The van der Waals surface area contributed by atoms with Gasteiger partial charge in [-0.2, -0.15) is 0 Å². The molecule has 0 bridgehead atoms. The molecule has 20 heavy (non-hydrogen) atoms. The van der Waals surface area contributed by atoms with Crippen LogP contribution in [0.5, 0.6) is 0 Å². The van der Waals surface area contributed by atoms with E-state index in [2.05, 4.69) is 22.8 Å². The number of aliphatic hydroxyl groups excluding tert-OH is 1. The van der Waals surface area contributed by atoms with Crippen LogP contribution in [-0.4, -0.2) is 23.8 Å². The highest BCUT2D eigenvalue weighted by Crippen LogP contribution is 2.34. The van der Waals surface area contributed by atoms with Gasteiger partial charge in [0.05, 0.1) is 18.7 Å². The second kappa shape index (κ2) is 7.29. The number of rotatable bonds is 6. The van der Waals surface area contributed by atoms with Crippen LogP contribution in [0.1, 0.15) is 44.2 Å². The number of carbonyl (C=O) groups excluding carboxylic acids is 1. The lowest BCUT2D eigenvalue weighted by Crippen LogP contribution is -2.44. The lowest BCUT2D eigenvalue weighted by Gasteiger charge is -2.30. The number of nitrogens with one attached hydrogen (secondary N) is 2. The van der Waals surface area contributed by atoms with Crippen LogP contribution in [0.15, 0.2) is 30.3 Å². The molecule has 1 fully saturated rings. The summed E-state index contributed by atoms with van der Waals surface area (Å²) < 4.78 is 0. The van der Waals surface area contributed by atoms with Crippen LogP contribution in [-0.2, 0) is 0 Å². The fourth-order valence-corrected chi connectivity index (χ4v) is 2.49. The lowest BCUT2D eigenvalue weighted by molar-refractivity contribution is 0.210. The summed E-state index contributed by atoms with van der Waals surface area (Å²) in [6.07, 6.45) is 4.82. The summed E-state index contributed by atoms with van der Waals surface area (Å²) in [4.78, 5) is 12.0. The Kier molecular flexibility index (Phi) is 5.41. The van der Waals surface area contributed by atoms with E-state index in [-0.39, 0.29) is 24.7 Å². The maximum absolute atomic E-state index is 12.0. The van der Waals surface area contributed by atoms with Gasteiger partial charge in [-0.1, -0.05) is 49.6 Å². The predicted octanol–water partition coefficient (Wildman–Crippen LogP) is 2.60. The van der Waals surface area contributed by atoms with Crippen molar-refractivity contribution in [3.8, 4) is 0 Å². The van der Waals surface area contributed by atoms with Gasteiger partial charge in [-0.3, -0.25) is 0 Å². The zero-order valence-electron chi connectivity index (χ0n) is 12.0. The van der Waals surface area contributed by atoms with E-state index in [1.165, 1.54) is 19.3 Å². The van der Waals surface area contributed by atoms with Gasteiger partial charge < -0.3 is 15.7 Å². The van der Waals surface area contributed by atoms with E-state index >= 15 is 0 Å². The molecule has 1 aromatic rings. The first-order chi connectivity index (χ1) is 9.69. The maximum atomic E-state index is 12.0. The SMILES string of the molecule is C[C@@H](CO)NC(=O)N[C@H](CC1CCC1)c1ccccc1. The average molecular weight is 276 g/mol. The third-order valence-electron chi connectivity index (χ3n) is 3.95. The Labute approximate surface area is 120 Å². The van der Waals surface area contributed by atoms with E-state index in [9.17, 15) is 4.79 Å². The molecular weight excluding hydrogens is 252 g/mol. The maximum Gasteiger partial charge on any atom is 0.315 e. The molecule has 0 aliphatic heterocycles. The Bertz CT molecular complexity index is 418. The van der Waals surface area contributed by atoms with Crippen molar-refractivity contribution in [3.63, 3.8) is 0 Å². The Morgan fingerprint density at radius 2 is 2.00 bits per heavy atom. The van der Waals surface area contributed by atoms with E-state index < -0.39 is 0 Å². The van der Waals surface area contributed by atoms with Crippen LogP contribution in [0, 0.1) is 5.92 Å².